The number of hydrogen-bond acceptors (Lipinski definition) is 3. The van der Waals surface area contributed by atoms with Crippen molar-refractivity contribution in [2.24, 2.45) is 5.92 Å². The van der Waals surface area contributed by atoms with E-state index in [9.17, 15) is 0 Å². The van der Waals surface area contributed by atoms with Crippen LogP contribution in [0.25, 0.3) is 0 Å². The van der Waals surface area contributed by atoms with Crippen LogP contribution < -0.4 is 5.32 Å². The van der Waals surface area contributed by atoms with E-state index in [0.29, 0.717) is 12.6 Å². The predicted octanol–water partition coefficient (Wildman–Crippen LogP) is 2.64. The fourth-order valence-electron chi connectivity index (χ4n) is 3.02. The van der Waals surface area contributed by atoms with Gasteiger partial charge in [-0.3, -0.25) is 0 Å². The molecule has 0 amide bonds. The van der Waals surface area contributed by atoms with Crippen LogP contribution in [0, 0.1) is 5.92 Å². The number of hydrogen-bond donors (Lipinski definition) is 2. The molecule has 0 aromatic carbocycles. The molecule has 0 aromatic rings. The van der Waals surface area contributed by atoms with Crippen LogP contribution in [0.2, 0.25) is 0 Å². The Labute approximate surface area is 119 Å². The third kappa shape index (κ3) is 7.28. The fourth-order valence-corrected chi connectivity index (χ4v) is 3.02. The smallest absolute Gasteiger partial charge is 0.0431 e. The average molecular weight is 270 g/mol. The van der Waals surface area contributed by atoms with Gasteiger partial charge in [0, 0.05) is 12.6 Å². The highest BCUT2D eigenvalue weighted by atomic mass is 16.2. The van der Waals surface area contributed by atoms with E-state index in [-0.39, 0.29) is 0 Å². The van der Waals surface area contributed by atoms with Crippen LogP contribution in [0.3, 0.4) is 0 Å². The number of nitrogens with zero attached hydrogens (tertiary/aromatic N) is 1. The molecule has 1 aliphatic rings. The van der Waals surface area contributed by atoms with Crippen LogP contribution in [0.1, 0.15) is 58.8 Å². The first kappa shape index (κ1) is 16.9. The summed E-state index contributed by atoms with van der Waals surface area (Å²) >= 11 is 0. The molecule has 19 heavy (non-hydrogen) atoms. The molecule has 1 unspecified atom stereocenters. The second kappa shape index (κ2) is 10.6. The van der Waals surface area contributed by atoms with Gasteiger partial charge in [0.05, 0.1) is 0 Å². The molecule has 1 fully saturated rings. The first-order valence-corrected chi connectivity index (χ1v) is 8.34. The van der Waals surface area contributed by atoms with Gasteiger partial charge in [-0.15, -0.1) is 0 Å². The molecule has 0 bridgehead atoms. The largest absolute Gasteiger partial charge is 0.396 e. The molecule has 3 nitrogen and oxygen atoms in total. The number of aliphatic hydroxyl groups is 1. The second-order valence-corrected chi connectivity index (χ2v) is 6.06. The van der Waals surface area contributed by atoms with Crippen LogP contribution in [-0.2, 0) is 0 Å². The van der Waals surface area contributed by atoms with Gasteiger partial charge in [-0.05, 0) is 71.1 Å². The number of aliphatic hydroxyl groups excluding tert-OH is 1. The summed E-state index contributed by atoms with van der Waals surface area (Å²) in [5, 5.41) is 12.4. The average Bonchev–Trinajstić information content (AvgIpc) is 2.45. The van der Waals surface area contributed by atoms with Gasteiger partial charge in [-0.2, -0.15) is 0 Å². The standard InChI is InChI=1S/C16H34N2O/c1-3-10-17-15(2)16-8-12-18(13-9-16)11-6-4-5-7-14-19/h15-17,19H,3-14H2,1-2H3. The number of piperidine rings is 1. The quantitative estimate of drug-likeness (QED) is 0.599. The maximum atomic E-state index is 8.74. The first-order valence-electron chi connectivity index (χ1n) is 8.34. The van der Waals surface area contributed by atoms with Crippen LogP contribution in [-0.4, -0.2) is 48.8 Å². The Morgan fingerprint density at radius 3 is 2.47 bits per heavy atom. The minimum Gasteiger partial charge on any atom is -0.396 e. The van der Waals surface area contributed by atoms with Gasteiger partial charge in [0.25, 0.3) is 0 Å². The lowest BCUT2D eigenvalue weighted by Gasteiger charge is -2.35. The molecular formula is C16H34N2O. The lowest BCUT2D eigenvalue weighted by molar-refractivity contribution is 0.160. The molecule has 1 aliphatic heterocycles. The Morgan fingerprint density at radius 1 is 1.16 bits per heavy atom. The molecule has 0 aromatic heterocycles. The predicted molar refractivity (Wildman–Crippen MR) is 82.5 cm³/mol. The Morgan fingerprint density at radius 2 is 1.84 bits per heavy atom. The first-order chi connectivity index (χ1) is 9.27. The van der Waals surface area contributed by atoms with Crippen molar-refractivity contribution in [3.63, 3.8) is 0 Å². The molecule has 1 heterocycles. The van der Waals surface area contributed by atoms with Gasteiger partial charge < -0.3 is 15.3 Å². The minimum absolute atomic E-state index is 0.355. The van der Waals surface area contributed by atoms with Gasteiger partial charge in [-0.1, -0.05) is 19.8 Å². The van der Waals surface area contributed by atoms with E-state index in [0.717, 1.165) is 18.9 Å². The maximum absolute atomic E-state index is 8.74. The van der Waals surface area contributed by atoms with Gasteiger partial charge in [0.2, 0.25) is 0 Å². The zero-order chi connectivity index (χ0) is 13.9. The SMILES string of the molecule is CCCNC(C)C1CCN(CCCCCCO)CC1. The van der Waals surface area contributed by atoms with Crippen molar-refractivity contribution in [3.8, 4) is 0 Å². The summed E-state index contributed by atoms with van der Waals surface area (Å²) in [6, 6.07) is 0.687. The molecular weight excluding hydrogens is 236 g/mol. The molecule has 1 atom stereocenters. The highest BCUT2D eigenvalue weighted by Gasteiger charge is 2.22. The summed E-state index contributed by atoms with van der Waals surface area (Å²) in [6.45, 7) is 9.92. The molecule has 2 N–H and O–H groups in total. The van der Waals surface area contributed by atoms with Crippen molar-refractivity contribution in [2.45, 2.75) is 64.8 Å². The second-order valence-electron chi connectivity index (χ2n) is 6.06. The highest BCUT2D eigenvalue weighted by molar-refractivity contribution is 4.79. The van der Waals surface area contributed by atoms with Crippen LogP contribution in [0.5, 0.6) is 0 Å². The van der Waals surface area contributed by atoms with E-state index in [4.69, 9.17) is 5.11 Å². The molecule has 1 saturated heterocycles. The molecule has 1 rings (SSSR count). The van der Waals surface area contributed by atoms with Gasteiger partial charge in [-0.25, -0.2) is 0 Å². The summed E-state index contributed by atoms with van der Waals surface area (Å²) < 4.78 is 0. The maximum Gasteiger partial charge on any atom is 0.0431 e. The summed E-state index contributed by atoms with van der Waals surface area (Å²) in [5.41, 5.74) is 0. The van der Waals surface area contributed by atoms with Gasteiger partial charge in [0.15, 0.2) is 0 Å². The zero-order valence-electron chi connectivity index (χ0n) is 13.0. The number of unbranched alkanes of at least 4 members (excludes halogenated alkanes) is 3. The lowest BCUT2D eigenvalue weighted by Crippen LogP contribution is -2.42. The van der Waals surface area contributed by atoms with Gasteiger partial charge >= 0.3 is 0 Å². The number of nitrogens with one attached hydrogen (secondary N) is 1. The molecule has 0 saturated carbocycles. The van der Waals surface area contributed by atoms with Crippen molar-refractivity contribution < 1.29 is 5.11 Å². The minimum atomic E-state index is 0.355. The number of rotatable bonds is 10. The van der Waals surface area contributed by atoms with Crippen molar-refractivity contribution in [1.82, 2.24) is 10.2 Å². The van der Waals surface area contributed by atoms with Crippen LogP contribution in [0.4, 0.5) is 0 Å². The van der Waals surface area contributed by atoms with Gasteiger partial charge in [0.1, 0.15) is 0 Å². The summed E-state index contributed by atoms with van der Waals surface area (Å²) in [4.78, 5) is 2.63. The topological polar surface area (TPSA) is 35.5 Å². The molecule has 3 heteroatoms. The van der Waals surface area contributed by atoms with Crippen LogP contribution in [0.15, 0.2) is 0 Å². The van der Waals surface area contributed by atoms with Crippen LogP contribution >= 0.6 is 0 Å². The Kier molecular flexibility index (Phi) is 9.48. The van der Waals surface area contributed by atoms with E-state index in [1.54, 1.807) is 0 Å². The van der Waals surface area contributed by atoms with E-state index in [2.05, 4.69) is 24.1 Å². The van der Waals surface area contributed by atoms with E-state index >= 15 is 0 Å². The monoisotopic (exact) mass is 270 g/mol. The normalized spacial score (nSPS) is 19.7. The van der Waals surface area contributed by atoms with E-state index in [1.807, 2.05) is 0 Å². The van der Waals surface area contributed by atoms with E-state index < -0.39 is 0 Å². The molecule has 114 valence electrons. The van der Waals surface area contributed by atoms with Crippen molar-refractivity contribution in [2.75, 3.05) is 32.8 Å². The Hall–Kier alpha value is -0.120. The zero-order valence-corrected chi connectivity index (χ0v) is 13.0. The Bertz CT molecular complexity index is 203. The molecule has 0 aliphatic carbocycles. The highest BCUT2D eigenvalue weighted by Crippen LogP contribution is 2.21. The third-order valence-electron chi connectivity index (χ3n) is 4.44. The summed E-state index contributed by atoms with van der Waals surface area (Å²) in [7, 11) is 0. The lowest BCUT2D eigenvalue weighted by atomic mass is 9.90. The number of likely N-dealkylation sites (tertiary alicyclic amines) is 1. The molecule has 0 spiro atoms. The van der Waals surface area contributed by atoms with Crippen molar-refractivity contribution >= 4 is 0 Å². The van der Waals surface area contributed by atoms with Crippen molar-refractivity contribution in [3.05, 3.63) is 0 Å². The van der Waals surface area contributed by atoms with Crippen molar-refractivity contribution in [1.29, 1.82) is 0 Å². The summed E-state index contributed by atoms with van der Waals surface area (Å²) in [6.07, 6.45) is 8.68. The van der Waals surface area contributed by atoms with E-state index in [1.165, 1.54) is 58.2 Å². The third-order valence-corrected chi connectivity index (χ3v) is 4.44. The summed E-state index contributed by atoms with van der Waals surface area (Å²) in [5.74, 6) is 0.872. The fraction of sp³-hybridized carbons (Fsp3) is 1.00. The Balaban J connectivity index is 2.04. The molecule has 0 radical (unpaired) electrons.